The predicted octanol–water partition coefficient (Wildman–Crippen LogP) is 19.9. The average Bonchev–Trinajstić information content (AvgIpc) is 4.00. The Bertz CT molecular complexity index is 4580. The first kappa shape index (κ1) is 49.4. The molecule has 2 heterocycles. The van der Waals surface area contributed by atoms with E-state index in [2.05, 4.69) is 219 Å². The van der Waals surface area contributed by atoms with Crippen molar-refractivity contribution >= 4 is 43.6 Å². The summed E-state index contributed by atoms with van der Waals surface area (Å²) in [7, 11) is 0. The molecule has 4 nitrogen and oxygen atoms in total. The fraction of sp³-hybridized carbons (Fsp3) is 0.0685. The second kappa shape index (κ2) is 19.4. The van der Waals surface area contributed by atoms with Gasteiger partial charge in [0.15, 0.2) is 0 Å². The molecule has 0 unspecified atom stereocenters. The number of nitriles is 2. The van der Waals surface area contributed by atoms with Crippen LogP contribution in [0.5, 0.6) is 0 Å². The van der Waals surface area contributed by atoms with Gasteiger partial charge in [0, 0.05) is 32.7 Å². The highest BCUT2D eigenvalue weighted by Gasteiger charge is 2.32. The van der Waals surface area contributed by atoms with Crippen LogP contribution in [0.1, 0.15) is 38.9 Å². The largest absolute Gasteiger partial charge is 0.416 e. The van der Waals surface area contributed by atoms with Gasteiger partial charge < -0.3 is 9.13 Å². The van der Waals surface area contributed by atoms with E-state index in [0.29, 0.717) is 27.8 Å². The van der Waals surface area contributed by atoms with Gasteiger partial charge in [-0.1, -0.05) is 162 Å². The predicted molar refractivity (Wildman–Crippen MR) is 321 cm³/mol. The van der Waals surface area contributed by atoms with Crippen LogP contribution >= 0.6 is 0 Å². The van der Waals surface area contributed by atoms with E-state index in [9.17, 15) is 23.7 Å². The number of aryl methyl sites for hydroxylation is 4. The number of rotatable bonds is 8. The number of hydrogen-bond acceptors (Lipinski definition) is 2. The molecule has 0 amide bonds. The molecular weight excluding hydrogens is 990 g/mol. The fourth-order valence-corrected chi connectivity index (χ4v) is 11.8. The van der Waals surface area contributed by atoms with E-state index in [1.807, 2.05) is 36.4 Å². The molecule has 13 rings (SSSR count). The van der Waals surface area contributed by atoms with Crippen molar-refractivity contribution in [2.24, 2.45) is 0 Å². The molecule has 0 aliphatic heterocycles. The summed E-state index contributed by atoms with van der Waals surface area (Å²) in [6.07, 6.45) is -4.65. The maximum Gasteiger partial charge on any atom is 0.416 e. The average molecular weight is 1040 g/mol. The molecule has 80 heavy (non-hydrogen) atoms. The van der Waals surface area contributed by atoms with Crippen LogP contribution in [0.3, 0.4) is 0 Å². The van der Waals surface area contributed by atoms with Gasteiger partial charge in [0.2, 0.25) is 0 Å². The van der Waals surface area contributed by atoms with Gasteiger partial charge in [0.05, 0.1) is 62.3 Å². The molecule has 0 radical (unpaired) electrons. The molecule has 382 valence electrons. The summed E-state index contributed by atoms with van der Waals surface area (Å²) >= 11 is 0. The van der Waals surface area contributed by atoms with Crippen molar-refractivity contribution in [2.45, 2.75) is 33.9 Å². The molecule has 0 bridgehead atoms. The molecule has 0 aliphatic rings. The third-order valence-corrected chi connectivity index (χ3v) is 15.6. The van der Waals surface area contributed by atoms with Crippen LogP contribution in [0.4, 0.5) is 13.2 Å². The number of fused-ring (bicyclic) bond motifs is 6. The molecule has 0 atom stereocenters. The zero-order valence-electron chi connectivity index (χ0n) is 44.3. The van der Waals surface area contributed by atoms with Gasteiger partial charge in [-0.25, -0.2) is 0 Å². The molecule has 2 aromatic heterocycles. The Labute approximate surface area is 461 Å². The monoisotopic (exact) mass is 1040 g/mol. The maximum atomic E-state index is 14.3. The topological polar surface area (TPSA) is 57.4 Å². The summed E-state index contributed by atoms with van der Waals surface area (Å²) in [5.74, 6) is 0. The van der Waals surface area contributed by atoms with Crippen molar-refractivity contribution < 1.29 is 13.2 Å². The lowest BCUT2D eigenvalue weighted by Gasteiger charge is -2.21. The van der Waals surface area contributed by atoms with Crippen molar-refractivity contribution in [3.05, 3.63) is 263 Å². The molecule has 0 N–H and O–H groups in total. The summed E-state index contributed by atoms with van der Waals surface area (Å²) in [6.45, 7) is 8.38. The standard InChI is InChI=1S/C73H49F3N4/c1-44-10-5-14-48(32-44)52-20-27-66-61(37-52)62-38-53(49-15-6-11-45(2)33-49)21-28-67(62)79(66)70-31-24-56(60-26-25-59(73(74,75)76)36-58(60)43-78)41-65(70)72-57(42-77)18-9-19-71(72)80-68-29-22-54(50-16-7-12-46(3)34-50)39-63(68)64-40-55(23-30-69(64)80)51-17-8-13-47(4)35-51/h5-41H,1-4H3. The quantitative estimate of drug-likeness (QED) is 0.152. The first-order chi connectivity index (χ1) is 38.8. The lowest BCUT2D eigenvalue weighted by molar-refractivity contribution is -0.137. The molecule has 11 aromatic carbocycles. The minimum atomic E-state index is -4.65. The minimum absolute atomic E-state index is 0.118. The van der Waals surface area contributed by atoms with E-state index in [-0.39, 0.29) is 5.56 Å². The van der Waals surface area contributed by atoms with Crippen molar-refractivity contribution in [2.75, 3.05) is 0 Å². The maximum absolute atomic E-state index is 14.3. The van der Waals surface area contributed by atoms with Crippen LogP contribution in [0.2, 0.25) is 0 Å². The fourth-order valence-electron chi connectivity index (χ4n) is 11.8. The summed E-state index contributed by atoms with van der Waals surface area (Å²) < 4.78 is 47.3. The van der Waals surface area contributed by atoms with Crippen LogP contribution in [-0.2, 0) is 6.18 Å². The molecule has 0 fully saturated rings. The molecule has 0 spiro atoms. The van der Waals surface area contributed by atoms with Gasteiger partial charge in [0.1, 0.15) is 0 Å². The van der Waals surface area contributed by atoms with E-state index in [1.165, 1.54) is 6.07 Å². The molecule has 0 saturated carbocycles. The highest BCUT2D eigenvalue weighted by atomic mass is 19.4. The molecule has 7 heteroatoms. The highest BCUT2D eigenvalue weighted by molar-refractivity contribution is 6.14. The number of alkyl halides is 3. The Balaban J connectivity index is 1.13. The van der Waals surface area contributed by atoms with E-state index in [0.717, 1.165) is 134 Å². The van der Waals surface area contributed by atoms with Gasteiger partial charge in [0.25, 0.3) is 0 Å². The Kier molecular flexibility index (Phi) is 11.9. The van der Waals surface area contributed by atoms with Crippen LogP contribution in [0.15, 0.2) is 224 Å². The molecule has 0 saturated heterocycles. The molecular formula is C73H49F3N4. The van der Waals surface area contributed by atoms with Gasteiger partial charge in [-0.15, -0.1) is 0 Å². The Morgan fingerprint density at radius 3 is 1.09 bits per heavy atom. The smallest absolute Gasteiger partial charge is 0.309 e. The lowest BCUT2D eigenvalue weighted by Crippen LogP contribution is -2.06. The number of nitrogens with zero attached hydrogens (tertiary/aromatic N) is 4. The van der Waals surface area contributed by atoms with E-state index in [1.54, 1.807) is 0 Å². The third-order valence-electron chi connectivity index (χ3n) is 15.6. The molecule has 13 aromatic rings. The SMILES string of the molecule is Cc1cccc(-c2ccc3c(c2)c2cc(-c4cccc(C)c4)ccc2n3-c2ccc(-c3ccc(C(F)(F)F)cc3C#N)cc2-c2c(C#N)cccc2-n2c3ccc(-c4cccc(C)c4)cc3c3cc(-c4cccc(C)c4)ccc32)c1. The third kappa shape index (κ3) is 8.58. The zero-order valence-corrected chi connectivity index (χ0v) is 44.3. The van der Waals surface area contributed by atoms with E-state index in [4.69, 9.17) is 0 Å². The van der Waals surface area contributed by atoms with Crippen LogP contribution in [-0.4, -0.2) is 9.13 Å². The van der Waals surface area contributed by atoms with Crippen molar-refractivity contribution in [1.82, 2.24) is 9.13 Å². The number of hydrogen-bond donors (Lipinski definition) is 0. The van der Waals surface area contributed by atoms with E-state index < -0.39 is 11.7 Å². The number of aromatic nitrogens is 2. The highest BCUT2D eigenvalue weighted by Crippen LogP contribution is 2.46. The van der Waals surface area contributed by atoms with Gasteiger partial charge in [-0.3, -0.25) is 0 Å². The van der Waals surface area contributed by atoms with Crippen LogP contribution < -0.4 is 0 Å². The number of benzene rings is 11. The lowest BCUT2D eigenvalue weighted by atomic mass is 9.91. The second-order valence-corrected chi connectivity index (χ2v) is 21.0. The first-order valence-electron chi connectivity index (χ1n) is 26.6. The van der Waals surface area contributed by atoms with Crippen molar-refractivity contribution in [1.29, 1.82) is 10.5 Å². The van der Waals surface area contributed by atoms with Crippen molar-refractivity contribution in [3.8, 4) is 90.3 Å². The second-order valence-electron chi connectivity index (χ2n) is 21.0. The molecule has 0 aliphatic carbocycles. The summed E-state index contributed by atoms with van der Waals surface area (Å²) in [5, 5.41) is 26.1. The van der Waals surface area contributed by atoms with Gasteiger partial charge in [-0.2, -0.15) is 23.7 Å². The van der Waals surface area contributed by atoms with Crippen molar-refractivity contribution in [3.63, 3.8) is 0 Å². The van der Waals surface area contributed by atoms with Gasteiger partial charge in [-0.05, 0) is 168 Å². The van der Waals surface area contributed by atoms with Gasteiger partial charge >= 0.3 is 6.18 Å². The number of halogens is 3. The first-order valence-corrected chi connectivity index (χ1v) is 26.6. The normalized spacial score (nSPS) is 11.7. The Morgan fingerprint density at radius 2 is 0.700 bits per heavy atom. The Morgan fingerprint density at radius 1 is 0.325 bits per heavy atom. The minimum Gasteiger partial charge on any atom is -0.309 e. The zero-order chi connectivity index (χ0) is 55.0. The summed E-state index contributed by atoms with van der Waals surface area (Å²) in [5.41, 5.74) is 19.8. The summed E-state index contributed by atoms with van der Waals surface area (Å²) in [6, 6.07) is 79.7. The summed E-state index contributed by atoms with van der Waals surface area (Å²) in [4.78, 5) is 0. The van der Waals surface area contributed by atoms with Crippen LogP contribution in [0, 0.1) is 50.4 Å². The Hall–Kier alpha value is -10.2. The van der Waals surface area contributed by atoms with E-state index >= 15 is 0 Å². The van der Waals surface area contributed by atoms with Crippen LogP contribution in [0.25, 0.3) is 122 Å².